The topological polar surface area (TPSA) is 63.1 Å². The van der Waals surface area contributed by atoms with E-state index in [2.05, 4.69) is 15.6 Å². The van der Waals surface area contributed by atoms with Crippen molar-refractivity contribution in [1.82, 2.24) is 19.9 Å². The number of rotatable bonds is 3. The Kier molecular flexibility index (Phi) is 4.16. The van der Waals surface area contributed by atoms with E-state index in [1.54, 1.807) is 0 Å². The molecule has 1 aliphatic heterocycles. The molecule has 2 aromatic carbocycles. The van der Waals surface area contributed by atoms with E-state index < -0.39 is 0 Å². The van der Waals surface area contributed by atoms with Gasteiger partial charge in [-0.3, -0.25) is 0 Å². The lowest BCUT2D eigenvalue weighted by Crippen LogP contribution is -2.33. The summed E-state index contributed by atoms with van der Waals surface area (Å²) < 4.78 is 1.87. The molecule has 1 atom stereocenters. The standard InChI is InChI=1S/C19H19N5O/c25-19(20-16-9-5-2-6-10-16)23-12-11-17(13-23)24-14-18(21-22-24)15-7-3-1-4-8-15/h1-10,14,17H,11-13H2,(H,20,25). The molecule has 2 heterocycles. The number of anilines is 1. The molecule has 0 spiro atoms. The second kappa shape index (κ2) is 6.76. The smallest absolute Gasteiger partial charge is 0.321 e. The largest absolute Gasteiger partial charge is 0.322 e. The maximum Gasteiger partial charge on any atom is 0.321 e. The zero-order valence-corrected chi connectivity index (χ0v) is 13.7. The molecule has 0 radical (unpaired) electrons. The van der Waals surface area contributed by atoms with Crippen molar-refractivity contribution in [2.75, 3.05) is 18.4 Å². The van der Waals surface area contributed by atoms with Crippen molar-refractivity contribution in [1.29, 1.82) is 0 Å². The maximum absolute atomic E-state index is 12.4. The van der Waals surface area contributed by atoms with Gasteiger partial charge in [-0.15, -0.1) is 5.10 Å². The highest BCUT2D eigenvalue weighted by atomic mass is 16.2. The van der Waals surface area contributed by atoms with Gasteiger partial charge < -0.3 is 10.2 Å². The minimum atomic E-state index is -0.0721. The summed E-state index contributed by atoms with van der Waals surface area (Å²) in [5.74, 6) is 0. The van der Waals surface area contributed by atoms with Crippen molar-refractivity contribution in [2.24, 2.45) is 0 Å². The maximum atomic E-state index is 12.4. The second-order valence-electron chi connectivity index (χ2n) is 6.13. The van der Waals surface area contributed by atoms with Gasteiger partial charge in [0.05, 0.1) is 12.2 Å². The van der Waals surface area contributed by atoms with Crippen molar-refractivity contribution >= 4 is 11.7 Å². The molecule has 1 N–H and O–H groups in total. The predicted octanol–water partition coefficient (Wildman–Crippen LogP) is 3.42. The Labute approximate surface area is 146 Å². The van der Waals surface area contributed by atoms with Crippen LogP contribution in [0.1, 0.15) is 12.5 Å². The Hall–Kier alpha value is -3.15. The fourth-order valence-electron chi connectivity index (χ4n) is 3.06. The highest BCUT2D eigenvalue weighted by Gasteiger charge is 2.28. The van der Waals surface area contributed by atoms with Crippen LogP contribution in [0, 0.1) is 0 Å². The van der Waals surface area contributed by atoms with E-state index in [1.807, 2.05) is 76.4 Å². The zero-order valence-electron chi connectivity index (χ0n) is 13.7. The highest BCUT2D eigenvalue weighted by molar-refractivity contribution is 5.89. The van der Waals surface area contributed by atoms with Crippen molar-refractivity contribution in [3.63, 3.8) is 0 Å². The number of nitrogens with zero attached hydrogens (tertiary/aromatic N) is 4. The molecular formula is C19H19N5O. The van der Waals surface area contributed by atoms with Gasteiger partial charge in [0.25, 0.3) is 0 Å². The van der Waals surface area contributed by atoms with Crippen molar-refractivity contribution in [2.45, 2.75) is 12.5 Å². The van der Waals surface area contributed by atoms with Crippen molar-refractivity contribution < 1.29 is 4.79 Å². The number of aromatic nitrogens is 3. The van der Waals surface area contributed by atoms with Gasteiger partial charge in [-0.05, 0) is 18.6 Å². The van der Waals surface area contributed by atoms with Crippen molar-refractivity contribution in [3.05, 3.63) is 66.9 Å². The van der Waals surface area contributed by atoms with Crippen LogP contribution in [0.4, 0.5) is 10.5 Å². The van der Waals surface area contributed by atoms with Gasteiger partial charge in [-0.25, -0.2) is 9.48 Å². The van der Waals surface area contributed by atoms with Crippen LogP contribution in [0.2, 0.25) is 0 Å². The Morgan fingerprint density at radius 1 is 1.04 bits per heavy atom. The molecule has 0 aliphatic carbocycles. The van der Waals surface area contributed by atoms with Crippen LogP contribution in [-0.2, 0) is 0 Å². The second-order valence-corrected chi connectivity index (χ2v) is 6.13. The molecule has 3 aromatic rings. The fraction of sp³-hybridized carbons (Fsp3) is 0.211. The third-order valence-corrected chi connectivity index (χ3v) is 4.43. The summed E-state index contributed by atoms with van der Waals surface area (Å²) in [6, 6.07) is 19.6. The van der Waals surface area contributed by atoms with Crippen LogP contribution in [-0.4, -0.2) is 39.0 Å². The summed E-state index contributed by atoms with van der Waals surface area (Å²) in [5.41, 5.74) is 2.71. The Balaban J connectivity index is 1.41. The summed E-state index contributed by atoms with van der Waals surface area (Å²) >= 11 is 0. The van der Waals surface area contributed by atoms with Crippen LogP contribution in [0.15, 0.2) is 66.9 Å². The Morgan fingerprint density at radius 3 is 2.52 bits per heavy atom. The summed E-state index contributed by atoms with van der Waals surface area (Å²) in [5, 5.41) is 11.5. The predicted molar refractivity (Wildman–Crippen MR) is 96.1 cm³/mol. The number of para-hydroxylation sites is 1. The molecule has 1 unspecified atom stereocenters. The number of benzene rings is 2. The molecule has 0 bridgehead atoms. The average Bonchev–Trinajstić information content (AvgIpc) is 3.33. The number of likely N-dealkylation sites (tertiary alicyclic amines) is 1. The minimum Gasteiger partial charge on any atom is -0.322 e. The van der Waals surface area contributed by atoms with Crippen LogP contribution in [0.25, 0.3) is 11.3 Å². The van der Waals surface area contributed by atoms with Crippen molar-refractivity contribution in [3.8, 4) is 11.3 Å². The van der Waals surface area contributed by atoms with Gasteiger partial charge in [0.15, 0.2) is 0 Å². The highest BCUT2D eigenvalue weighted by Crippen LogP contribution is 2.24. The number of urea groups is 1. The van der Waals surface area contributed by atoms with Crippen LogP contribution >= 0.6 is 0 Å². The quantitative estimate of drug-likeness (QED) is 0.799. The first-order valence-corrected chi connectivity index (χ1v) is 8.38. The summed E-state index contributed by atoms with van der Waals surface area (Å²) in [6.45, 7) is 1.35. The molecule has 1 aromatic heterocycles. The molecule has 126 valence electrons. The molecule has 6 heteroatoms. The van der Waals surface area contributed by atoms with E-state index >= 15 is 0 Å². The monoisotopic (exact) mass is 333 g/mol. The molecule has 25 heavy (non-hydrogen) atoms. The third-order valence-electron chi connectivity index (χ3n) is 4.43. The molecule has 2 amide bonds. The van der Waals surface area contributed by atoms with Crippen LogP contribution in [0.3, 0.4) is 0 Å². The van der Waals surface area contributed by atoms with E-state index in [0.717, 1.165) is 23.4 Å². The van der Waals surface area contributed by atoms with E-state index in [4.69, 9.17) is 0 Å². The minimum absolute atomic E-state index is 0.0721. The molecule has 6 nitrogen and oxygen atoms in total. The molecule has 0 saturated carbocycles. The molecule has 1 saturated heterocycles. The molecule has 1 aliphatic rings. The Morgan fingerprint density at radius 2 is 1.76 bits per heavy atom. The Bertz CT molecular complexity index is 847. The number of carbonyl (C=O) groups is 1. The lowest BCUT2D eigenvalue weighted by molar-refractivity contribution is 0.220. The summed E-state index contributed by atoms with van der Waals surface area (Å²) in [4.78, 5) is 14.2. The summed E-state index contributed by atoms with van der Waals surface area (Å²) in [6.07, 6.45) is 2.83. The first kappa shape index (κ1) is 15.4. The average molecular weight is 333 g/mol. The third kappa shape index (κ3) is 3.38. The molecule has 4 rings (SSSR count). The normalized spacial score (nSPS) is 16.8. The molecule has 1 fully saturated rings. The van der Waals surface area contributed by atoms with E-state index in [0.29, 0.717) is 13.1 Å². The number of nitrogens with one attached hydrogen (secondary N) is 1. The van der Waals surface area contributed by atoms with Gasteiger partial charge in [0.1, 0.15) is 5.69 Å². The van der Waals surface area contributed by atoms with Gasteiger partial charge in [0.2, 0.25) is 0 Å². The van der Waals surface area contributed by atoms with Crippen LogP contribution in [0.5, 0.6) is 0 Å². The summed E-state index contributed by atoms with van der Waals surface area (Å²) in [7, 11) is 0. The van der Waals surface area contributed by atoms with E-state index in [-0.39, 0.29) is 12.1 Å². The molecular weight excluding hydrogens is 314 g/mol. The number of hydrogen-bond donors (Lipinski definition) is 1. The zero-order chi connectivity index (χ0) is 17.1. The van der Waals surface area contributed by atoms with Gasteiger partial charge >= 0.3 is 6.03 Å². The lowest BCUT2D eigenvalue weighted by Gasteiger charge is -2.17. The number of amides is 2. The number of hydrogen-bond acceptors (Lipinski definition) is 3. The van der Waals surface area contributed by atoms with E-state index in [1.165, 1.54) is 0 Å². The number of carbonyl (C=O) groups excluding carboxylic acids is 1. The fourth-order valence-corrected chi connectivity index (χ4v) is 3.06. The van der Waals surface area contributed by atoms with Gasteiger partial charge in [-0.2, -0.15) is 0 Å². The van der Waals surface area contributed by atoms with Gasteiger partial charge in [0, 0.05) is 24.3 Å². The first-order chi connectivity index (χ1) is 12.3. The lowest BCUT2D eigenvalue weighted by atomic mass is 10.2. The SMILES string of the molecule is O=C(Nc1ccccc1)N1CCC(n2cc(-c3ccccc3)nn2)C1. The first-order valence-electron chi connectivity index (χ1n) is 8.38. The van der Waals surface area contributed by atoms with Crippen LogP contribution < -0.4 is 5.32 Å². The van der Waals surface area contributed by atoms with E-state index in [9.17, 15) is 4.79 Å². The van der Waals surface area contributed by atoms with Gasteiger partial charge in [-0.1, -0.05) is 53.7 Å².